The standard InChI is InChI=1S/C11H12O2S/c1-8-7-10(11(12)13-8)14-9-5-3-2-4-6-9/h2-6,8,10H,7H2,1H3/t8-,10+/m1/s1. The predicted octanol–water partition coefficient (Wildman–Crippen LogP) is 2.48. The molecular formula is C11H12O2S. The molecule has 1 aromatic carbocycles. The van der Waals surface area contributed by atoms with Gasteiger partial charge < -0.3 is 4.74 Å². The summed E-state index contributed by atoms with van der Waals surface area (Å²) in [5.74, 6) is -0.0775. The van der Waals surface area contributed by atoms with E-state index >= 15 is 0 Å². The lowest BCUT2D eigenvalue weighted by atomic mass is 10.3. The minimum Gasteiger partial charge on any atom is -0.462 e. The first-order chi connectivity index (χ1) is 6.75. The molecule has 1 saturated heterocycles. The lowest BCUT2D eigenvalue weighted by Crippen LogP contribution is -2.08. The van der Waals surface area contributed by atoms with E-state index in [1.54, 1.807) is 11.8 Å². The van der Waals surface area contributed by atoms with Crippen LogP contribution in [0.3, 0.4) is 0 Å². The number of carbonyl (C=O) groups is 1. The second-order valence-electron chi connectivity index (χ2n) is 3.40. The van der Waals surface area contributed by atoms with Gasteiger partial charge in [0.05, 0.1) is 0 Å². The fraction of sp³-hybridized carbons (Fsp3) is 0.364. The average Bonchev–Trinajstić information content (AvgIpc) is 2.47. The quantitative estimate of drug-likeness (QED) is 0.698. The molecule has 0 amide bonds. The Bertz CT molecular complexity index is 323. The number of hydrogen-bond acceptors (Lipinski definition) is 3. The number of rotatable bonds is 2. The molecule has 14 heavy (non-hydrogen) atoms. The van der Waals surface area contributed by atoms with Crippen LogP contribution in [0.15, 0.2) is 35.2 Å². The van der Waals surface area contributed by atoms with E-state index in [4.69, 9.17) is 4.74 Å². The summed E-state index contributed by atoms with van der Waals surface area (Å²) in [6.07, 6.45) is 0.891. The number of thioether (sulfide) groups is 1. The number of carbonyl (C=O) groups excluding carboxylic acids is 1. The second-order valence-corrected chi connectivity index (χ2v) is 4.68. The maximum absolute atomic E-state index is 11.3. The highest BCUT2D eigenvalue weighted by Gasteiger charge is 2.32. The molecule has 74 valence electrons. The Hall–Kier alpha value is -0.960. The molecule has 2 nitrogen and oxygen atoms in total. The van der Waals surface area contributed by atoms with Gasteiger partial charge in [-0.05, 0) is 19.1 Å². The molecule has 3 heteroatoms. The Morgan fingerprint density at radius 2 is 2.07 bits per heavy atom. The summed E-state index contributed by atoms with van der Waals surface area (Å²) in [5, 5.41) is -0.0209. The zero-order chi connectivity index (χ0) is 9.97. The lowest BCUT2D eigenvalue weighted by molar-refractivity contribution is -0.140. The van der Waals surface area contributed by atoms with Crippen molar-refractivity contribution in [3.63, 3.8) is 0 Å². The first kappa shape index (κ1) is 9.59. The maximum Gasteiger partial charge on any atom is 0.319 e. The van der Waals surface area contributed by atoms with Gasteiger partial charge in [-0.25, -0.2) is 0 Å². The van der Waals surface area contributed by atoms with Gasteiger partial charge in [0.15, 0.2) is 0 Å². The summed E-state index contributed by atoms with van der Waals surface area (Å²) in [5.41, 5.74) is 0. The van der Waals surface area contributed by atoms with E-state index in [0.717, 1.165) is 11.3 Å². The van der Waals surface area contributed by atoms with Gasteiger partial charge >= 0.3 is 5.97 Å². The molecular weight excluding hydrogens is 196 g/mol. The van der Waals surface area contributed by atoms with Crippen molar-refractivity contribution in [1.82, 2.24) is 0 Å². The number of cyclic esters (lactones) is 1. The topological polar surface area (TPSA) is 26.3 Å². The third kappa shape index (κ3) is 2.10. The van der Waals surface area contributed by atoms with Crippen molar-refractivity contribution in [1.29, 1.82) is 0 Å². The molecule has 1 aliphatic heterocycles. The van der Waals surface area contributed by atoms with Gasteiger partial charge in [-0.3, -0.25) is 4.79 Å². The maximum atomic E-state index is 11.3. The molecule has 1 aromatic rings. The monoisotopic (exact) mass is 208 g/mol. The van der Waals surface area contributed by atoms with Gasteiger partial charge in [-0.15, -0.1) is 11.8 Å². The highest BCUT2D eigenvalue weighted by Crippen LogP contribution is 2.31. The fourth-order valence-corrected chi connectivity index (χ4v) is 2.64. The largest absolute Gasteiger partial charge is 0.462 e. The molecule has 2 atom stereocenters. The van der Waals surface area contributed by atoms with Crippen molar-refractivity contribution >= 4 is 17.7 Å². The third-order valence-electron chi connectivity index (χ3n) is 2.15. The Morgan fingerprint density at radius 1 is 1.36 bits per heavy atom. The van der Waals surface area contributed by atoms with Gasteiger partial charge in [0.1, 0.15) is 11.4 Å². The summed E-state index contributed by atoms with van der Waals surface area (Å²) in [7, 11) is 0. The van der Waals surface area contributed by atoms with Crippen molar-refractivity contribution in [2.75, 3.05) is 0 Å². The van der Waals surface area contributed by atoms with E-state index in [0.29, 0.717) is 0 Å². The number of benzene rings is 1. The van der Waals surface area contributed by atoms with Crippen molar-refractivity contribution in [3.05, 3.63) is 30.3 Å². The minimum absolute atomic E-state index is 0.0209. The van der Waals surface area contributed by atoms with Crippen LogP contribution >= 0.6 is 11.8 Å². The van der Waals surface area contributed by atoms with Crippen molar-refractivity contribution in [3.8, 4) is 0 Å². The molecule has 2 rings (SSSR count). The Morgan fingerprint density at radius 3 is 2.64 bits per heavy atom. The average molecular weight is 208 g/mol. The highest BCUT2D eigenvalue weighted by molar-refractivity contribution is 8.00. The SMILES string of the molecule is C[C@@H]1C[C@H](Sc2ccccc2)C(=O)O1. The number of hydrogen-bond donors (Lipinski definition) is 0. The van der Waals surface area contributed by atoms with Crippen LogP contribution in [-0.4, -0.2) is 17.3 Å². The van der Waals surface area contributed by atoms with Gasteiger partial charge in [-0.2, -0.15) is 0 Å². The lowest BCUT2D eigenvalue weighted by Gasteiger charge is -2.04. The van der Waals surface area contributed by atoms with E-state index < -0.39 is 0 Å². The molecule has 1 fully saturated rings. The fourth-order valence-electron chi connectivity index (χ4n) is 1.48. The summed E-state index contributed by atoms with van der Waals surface area (Å²) in [4.78, 5) is 12.5. The zero-order valence-corrected chi connectivity index (χ0v) is 8.79. The summed E-state index contributed by atoms with van der Waals surface area (Å²) in [6.45, 7) is 1.93. The van der Waals surface area contributed by atoms with Crippen LogP contribution in [-0.2, 0) is 9.53 Å². The van der Waals surface area contributed by atoms with Crippen molar-refractivity contribution < 1.29 is 9.53 Å². The van der Waals surface area contributed by atoms with E-state index in [-0.39, 0.29) is 17.3 Å². The van der Waals surface area contributed by atoms with E-state index in [1.165, 1.54) is 0 Å². The Labute approximate surface area is 87.6 Å². The van der Waals surface area contributed by atoms with Gasteiger partial charge in [0.2, 0.25) is 0 Å². The van der Waals surface area contributed by atoms with Crippen molar-refractivity contribution in [2.45, 2.75) is 29.6 Å². The first-order valence-corrected chi connectivity index (χ1v) is 5.56. The Kier molecular flexibility index (Phi) is 2.77. The third-order valence-corrected chi connectivity index (χ3v) is 3.36. The van der Waals surface area contributed by atoms with Crippen LogP contribution in [0.1, 0.15) is 13.3 Å². The molecule has 0 unspecified atom stereocenters. The van der Waals surface area contributed by atoms with Crippen LogP contribution in [0.5, 0.6) is 0 Å². The van der Waals surface area contributed by atoms with E-state index in [9.17, 15) is 4.79 Å². The summed E-state index contributed by atoms with van der Waals surface area (Å²) < 4.78 is 5.09. The van der Waals surface area contributed by atoms with Crippen LogP contribution in [0.2, 0.25) is 0 Å². The summed E-state index contributed by atoms with van der Waals surface area (Å²) in [6, 6.07) is 9.96. The molecule has 0 radical (unpaired) electrons. The van der Waals surface area contributed by atoms with Gasteiger partial charge in [0.25, 0.3) is 0 Å². The number of esters is 1. The second kappa shape index (κ2) is 4.05. The van der Waals surface area contributed by atoms with Gasteiger partial charge in [-0.1, -0.05) is 18.2 Å². The Balaban J connectivity index is 2.02. The minimum atomic E-state index is -0.0775. The van der Waals surface area contributed by atoms with Crippen LogP contribution in [0.25, 0.3) is 0 Å². The first-order valence-electron chi connectivity index (χ1n) is 4.68. The van der Waals surface area contributed by atoms with Crippen LogP contribution < -0.4 is 0 Å². The molecule has 0 aliphatic carbocycles. The van der Waals surface area contributed by atoms with Crippen LogP contribution in [0, 0.1) is 0 Å². The van der Waals surface area contributed by atoms with Crippen LogP contribution in [0.4, 0.5) is 0 Å². The molecule has 0 N–H and O–H groups in total. The molecule has 0 spiro atoms. The van der Waals surface area contributed by atoms with E-state index in [2.05, 4.69) is 0 Å². The molecule has 1 heterocycles. The van der Waals surface area contributed by atoms with E-state index in [1.807, 2.05) is 37.3 Å². The molecule has 0 aromatic heterocycles. The smallest absolute Gasteiger partial charge is 0.319 e. The molecule has 1 aliphatic rings. The zero-order valence-electron chi connectivity index (χ0n) is 7.97. The van der Waals surface area contributed by atoms with Crippen molar-refractivity contribution in [2.24, 2.45) is 0 Å². The predicted molar refractivity (Wildman–Crippen MR) is 56.3 cm³/mol. The molecule has 0 bridgehead atoms. The summed E-state index contributed by atoms with van der Waals surface area (Å²) >= 11 is 1.59. The normalized spacial score (nSPS) is 26.2. The molecule has 0 saturated carbocycles. The van der Waals surface area contributed by atoms with Gasteiger partial charge in [0, 0.05) is 11.3 Å². The highest BCUT2D eigenvalue weighted by atomic mass is 32.2. The number of ether oxygens (including phenoxy) is 1.